The van der Waals surface area contributed by atoms with Crippen molar-refractivity contribution in [2.75, 3.05) is 6.61 Å². The van der Waals surface area contributed by atoms with Crippen molar-refractivity contribution in [1.29, 1.82) is 5.26 Å². The Bertz CT molecular complexity index is 1140. The summed E-state index contributed by atoms with van der Waals surface area (Å²) >= 11 is 0. The standard InChI is InChI=1S/C27H34N2O9/c1-24(2,3)38-23(31)29-20(15-11-9-8-10-12-15)27(29,14-28)22(30)32-13-16-17-18(35-25(4,5)34-17)19-21(33-16)37-26(6,7)36-19/h8-12,16-21H,13H2,1-7H3/t16-,17+,18+,19-,20-,21-,27+,29?/m1/s1. The molecule has 7 atom stereocenters. The van der Waals surface area contributed by atoms with Gasteiger partial charge in [-0.15, -0.1) is 0 Å². The number of amides is 1. The molecule has 1 aromatic rings. The van der Waals surface area contributed by atoms with Crippen LogP contribution in [-0.2, 0) is 38.0 Å². The van der Waals surface area contributed by atoms with Crippen molar-refractivity contribution in [3.63, 3.8) is 0 Å². The third-order valence-corrected chi connectivity index (χ3v) is 6.78. The Balaban J connectivity index is 1.36. The van der Waals surface area contributed by atoms with Crippen LogP contribution in [-0.4, -0.2) is 77.0 Å². The van der Waals surface area contributed by atoms with Gasteiger partial charge in [0.25, 0.3) is 5.54 Å². The lowest BCUT2D eigenvalue weighted by Crippen LogP contribution is -2.56. The molecule has 0 spiro atoms. The first-order chi connectivity index (χ1) is 17.7. The molecular formula is C27H34N2O9. The lowest BCUT2D eigenvalue weighted by atomic mass is 9.99. The maximum Gasteiger partial charge on any atom is 0.412 e. The summed E-state index contributed by atoms with van der Waals surface area (Å²) in [7, 11) is 0. The highest BCUT2D eigenvalue weighted by atomic mass is 16.9. The lowest BCUT2D eigenvalue weighted by Gasteiger charge is -2.37. The number of rotatable bonds is 4. The minimum absolute atomic E-state index is 0.250. The first kappa shape index (κ1) is 26.8. The summed E-state index contributed by atoms with van der Waals surface area (Å²) in [5.41, 5.74) is -2.10. The molecule has 11 heteroatoms. The molecule has 38 heavy (non-hydrogen) atoms. The topological polar surface area (TPSA) is 126 Å². The Kier molecular flexibility index (Phi) is 6.28. The molecule has 5 rings (SSSR count). The van der Waals surface area contributed by atoms with E-state index in [0.717, 1.165) is 4.90 Å². The molecule has 4 heterocycles. The molecule has 0 radical (unpaired) electrons. The number of benzene rings is 1. The van der Waals surface area contributed by atoms with E-state index in [2.05, 4.69) is 0 Å². The van der Waals surface area contributed by atoms with Gasteiger partial charge in [0.05, 0.1) is 0 Å². The number of hydrogen-bond acceptors (Lipinski definition) is 10. The van der Waals surface area contributed by atoms with Crippen LogP contribution < -0.4 is 0 Å². The van der Waals surface area contributed by atoms with Crippen LogP contribution in [0.15, 0.2) is 30.3 Å². The Morgan fingerprint density at radius 1 is 0.974 bits per heavy atom. The summed E-state index contributed by atoms with van der Waals surface area (Å²) in [4.78, 5) is 27.7. The molecule has 4 saturated heterocycles. The van der Waals surface area contributed by atoms with Crippen molar-refractivity contribution < 1.29 is 42.7 Å². The number of carbonyl (C=O) groups is 2. The number of nitriles is 1. The average molecular weight is 531 g/mol. The predicted molar refractivity (Wildman–Crippen MR) is 129 cm³/mol. The van der Waals surface area contributed by atoms with E-state index in [1.807, 2.05) is 6.07 Å². The van der Waals surface area contributed by atoms with Crippen molar-refractivity contribution in [2.45, 2.75) is 108 Å². The number of carbonyl (C=O) groups excluding carboxylic acids is 2. The zero-order valence-electron chi connectivity index (χ0n) is 22.6. The van der Waals surface area contributed by atoms with Crippen LogP contribution >= 0.6 is 0 Å². The molecule has 4 aliphatic rings. The molecule has 1 amide bonds. The van der Waals surface area contributed by atoms with Gasteiger partial charge in [-0.05, 0) is 54.0 Å². The second-order valence-electron chi connectivity index (χ2n) is 11.8. The maximum absolute atomic E-state index is 13.5. The fraction of sp³-hybridized carbons (Fsp3) is 0.667. The normalized spacial score (nSPS) is 36.5. The van der Waals surface area contributed by atoms with Crippen LogP contribution in [0.4, 0.5) is 4.79 Å². The molecule has 4 fully saturated rings. The molecule has 0 bridgehead atoms. The molecule has 4 aliphatic heterocycles. The zero-order chi connectivity index (χ0) is 27.7. The zero-order valence-corrected chi connectivity index (χ0v) is 22.6. The Morgan fingerprint density at radius 3 is 2.21 bits per heavy atom. The molecule has 0 aliphatic carbocycles. The van der Waals surface area contributed by atoms with Crippen molar-refractivity contribution in [3.05, 3.63) is 35.9 Å². The molecule has 0 aromatic heterocycles. The van der Waals surface area contributed by atoms with Gasteiger partial charge in [0.15, 0.2) is 17.9 Å². The van der Waals surface area contributed by atoms with Crippen molar-refractivity contribution in [3.8, 4) is 6.07 Å². The van der Waals surface area contributed by atoms with E-state index in [1.165, 1.54) is 0 Å². The van der Waals surface area contributed by atoms with Crippen LogP contribution in [0.2, 0.25) is 0 Å². The fourth-order valence-electron chi connectivity index (χ4n) is 5.34. The van der Waals surface area contributed by atoms with Crippen molar-refractivity contribution in [2.24, 2.45) is 0 Å². The van der Waals surface area contributed by atoms with Crippen LogP contribution in [0.5, 0.6) is 0 Å². The quantitative estimate of drug-likeness (QED) is 0.423. The number of esters is 1. The van der Waals surface area contributed by atoms with E-state index >= 15 is 0 Å². The minimum Gasteiger partial charge on any atom is -0.460 e. The monoisotopic (exact) mass is 530 g/mol. The third kappa shape index (κ3) is 4.65. The Hall–Kier alpha value is -2.75. The van der Waals surface area contributed by atoms with E-state index in [0.29, 0.717) is 5.56 Å². The van der Waals surface area contributed by atoms with Gasteiger partial charge in [-0.1, -0.05) is 30.3 Å². The molecule has 11 nitrogen and oxygen atoms in total. The van der Waals surface area contributed by atoms with Gasteiger partial charge >= 0.3 is 12.1 Å². The summed E-state index contributed by atoms with van der Waals surface area (Å²) in [6, 6.07) is 9.99. The molecule has 0 N–H and O–H groups in total. The molecule has 206 valence electrons. The van der Waals surface area contributed by atoms with Crippen LogP contribution in [0.3, 0.4) is 0 Å². The third-order valence-electron chi connectivity index (χ3n) is 6.78. The Labute approximate surface area is 221 Å². The summed E-state index contributed by atoms with van der Waals surface area (Å²) < 4.78 is 41.3. The predicted octanol–water partition coefficient (Wildman–Crippen LogP) is 3.18. The van der Waals surface area contributed by atoms with Crippen molar-refractivity contribution in [1.82, 2.24) is 4.90 Å². The van der Waals surface area contributed by atoms with Crippen LogP contribution in [0.25, 0.3) is 0 Å². The minimum atomic E-state index is -1.89. The van der Waals surface area contributed by atoms with E-state index in [1.54, 1.807) is 78.8 Å². The van der Waals surface area contributed by atoms with E-state index < -0.39 is 71.5 Å². The largest absolute Gasteiger partial charge is 0.460 e. The molecular weight excluding hydrogens is 496 g/mol. The lowest BCUT2D eigenvalue weighted by molar-refractivity contribution is -0.242. The second-order valence-corrected chi connectivity index (χ2v) is 11.8. The highest BCUT2D eigenvalue weighted by Gasteiger charge is 2.74. The Morgan fingerprint density at radius 2 is 1.58 bits per heavy atom. The number of hydrogen-bond donors (Lipinski definition) is 0. The van der Waals surface area contributed by atoms with E-state index in [4.69, 9.17) is 33.2 Å². The summed E-state index contributed by atoms with van der Waals surface area (Å²) in [5, 5.41) is 10.2. The average Bonchev–Trinajstić information content (AvgIpc) is 3.26. The fourth-order valence-corrected chi connectivity index (χ4v) is 5.34. The first-order valence-electron chi connectivity index (χ1n) is 12.7. The molecule has 0 unspecified atom stereocenters. The second kappa shape index (κ2) is 8.89. The summed E-state index contributed by atoms with van der Waals surface area (Å²) in [6.07, 6.45) is -3.95. The van der Waals surface area contributed by atoms with Gasteiger partial charge in [-0.25, -0.2) is 9.59 Å². The molecule has 1 aromatic carbocycles. The highest BCUT2D eigenvalue weighted by molar-refractivity contribution is 5.97. The first-order valence-corrected chi connectivity index (χ1v) is 12.7. The smallest absolute Gasteiger partial charge is 0.412 e. The summed E-state index contributed by atoms with van der Waals surface area (Å²) in [6.45, 7) is 12.0. The van der Waals surface area contributed by atoms with Gasteiger partial charge < -0.3 is 33.2 Å². The highest BCUT2D eigenvalue weighted by Crippen LogP contribution is 2.54. The van der Waals surface area contributed by atoms with Gasteiger partial charge in [0.1, 0.15) is 48.7 Å². The van der Waals surface area contributed by atoms with Gasteiger partial charge in [-0.3, -0.25) is 4.90 Å². The number of fused-ring (bicyclic) bond motifs is 3. The maximum atomic E-state index is 13.5. The van der Waals surface area contributed by atoms with Gasteiger partial charge in [0, 0.05) is 0 Å². The molecule has 0 saturated carbocycles. The van der Waals surface area contributed by atoms with Crippen molar-refractivity contribution >= 4 is 12.1 Å². The van der Waals surface area contributed by atoms with Crippen LogP contribution in [0.1, 0.15) is 60.1 Å². The van der Waals surface area contributed by atoms with E-state index in [9.17, 15) is 14.9 Å². The SMILES string of the molecule is CC(C)(C)OC(=O)N1[C@H](c2ccccc2)[C@@]1(C#N)C(=O)OC[C@H]1O[C@@H]2OC(C)(C)O[C@@H]2[C@H]2OC(C)(C)O[C@H]21. The van der Waals surface area contributed by atoms with Gasteiger partial charge in [-0.2, -0.15) is 5.26 Å². The summed E-state index contributed by atoms with van der Waals surface area (Å²) in [5.74, 6) is -2.69. The number of ether oxygens (including phenoxy) is 7. The van der Waals surface area contributed by atoms with Gasteiger partial charge in [0.2, 0.25) is 0 Å². The number of nitrogens with zero attached hydrogens (tertiary/aromatic N) is 2. The van der Waals surface area contributed by atoms with E-state index in [-0.39, 0.29) is 6.61 Å². The van der Waals surface area contributed by atoms with Crippen LogP contribution in [0, 0.1) is 11.3 Å².